The van der Waals surface area contributed by atoms with Crippen molar-refractivity contribution in [2.75, 3.05) is 11.9 Å². The summed E-state index contributed by atoms with van der Waals surface area (Å²) in [6.07, 6.45) is 0.725. The number of hydrogen-bond donors (Lipinski definition) is 2. The van der Waals surface area contributed by atoms with Gasteiger partial charge < -0.3 is 15.4 Å². The van der Waals surface area contributed by atoms with Crippen molar-refractivity contribution in [1.82, 2.24) is 15.2 Å². The van der Waals surface area contributed by atoms with Crippen molar-refractivity contribution in [1.29, 1.82) is 0 Å². The van der Waals surface area contributed by atoms with Crippen LogP contribution in [0.15, 0.2) is 97.2 Å². The van der Waals surface area contributed by atoms with E-state index in [1.807, 2.05) is 43.3 Å². The number of rotatable bonds is 9. The van der Waals surface area contributed by atoms with Crippen LogP contribution in [0.2, 0.25) is 5.02 Å². The lowest BCUT2D eigenvalue weighted by Gasteiger charge is -2.24. The second-order valence-corrected chi connectivity index (χ2v) is 10.3. The standard InChI is InChI=1S/C32H29ClN4O4/c1-21-11-13-23(14-12-21)30(38)36-27-10-5-7-24(19-27)29-28(31(39)35-17-15-26-9-2-3-16-34-26)37(32(40)41-29)20-22-6-4-8-25(33)18-22/h2-14,16,18-19,28-29H,15,17,20H2,1H3,(H,35,39)(H,36,38)/t28-,29-/m1/s1. The largest absolute Gasteiger partial charge is 0.438 e. The molecule has 5 rings (SSSR count). The number of ether oxygens (including phenoxy) is 1. The van der Waals surface area contributed by atoms with E-state index in [-0.39, 0.29) is 18.4 Å². The fraction of sp³-hybridized carbons (Fsp3) is 0.188. The number of hydrogen-bond acceptors (Lipinski definition) is 5. The Morgan fingerprint density at radius 2 is 1.78 bits per heavy atom. The predicted molar refractivity (Wildman–Crippen MR) is 157 cm³/mol. The summed E-state index contributed by atoms with van der Waals surface area (Å²) < 4.78 is 5.79. The number of carbonyl (C=O) groups is 3. The lowest BCUT2D eigenvalue weighted by Crippen LogP contribution is -2.46. The van der Waals surface area contributed by atoms with Crippen LogP contribution in [-0.4, -0.2) is 40.4 Å². The van der Waals surface area contributed by atoms with Crippen LogP contribution in [-0.2, 0) is 22.5 Å². The third kappa shape index (κ3) is 6.91. The minimum absolute atomic E-state index is 0.137. The quantitative estimate of drug-likeness (QED) is 0.269. The van der Waals surface area contributed by atoms with Crippen LogP contribution in [0.5, 0.6) is 0 Å². The number of amides is 3. The average Bonchev–Trinajstić information content (AvgIpc) is 3.29. The second-order valence-electron chi connectivity index (χ2n) is 9.81. The molecular weight excluding hydrogens is 540 g/mol. The first-order valence-corrected chi connectivity index (χ1v) is 13.6. The highest BCUT2D eigenvalue weighted by Gasteiger charge is 2.47. The average molecular weight is 569 g/mol. The zero-order chi connectivity index (χ0) is 28.8. The zero-order valence-electron chi connectivity index (χ0n) is 22.4. The summed E-state index contributed by atoms with van der Waals surface area (Å²) >= 11 is 6.17. The molecular formula is C32H29ClN4O4. The Balaban J connectivity index is 1.38. The molecule has 0 spiro atoms. The van der Waals surface area contributed by atoms with Crippen molar-refractivity contribution >= 4 is 35.2 Å². The normalized spacial score (nSPS) is 16.2. The maximum atomic E-state index is 13.6. The molecule has 4 aromatic rings. The monoisotopic (exact) mass is 568 g/mol. The molecule has 2 heterocycles. The number of cyclic esters (lactones) is 1. The number of aromatic nitrogens is 1. The van der Waals surface area contributed by atoms with Gasteiger partial charge in [-0.25, -0.2) is 4.79 Å². The van der Waals surface area contributed by atoms with Crippen molar-refractivity contribution < 1.29 is 19.1 Å². The Kier molecular flexibility index (Phi) is 8.60. The number of nitrogens with one attached hydrogen (secondary N) is 2. The van der Waals surface area contributed by atoms with Crippen LogP contribution >= 0.6 is 11.6 Å². The first kappa shape index (κ1) is 27.9. The number of halogens is 1. The van der Waals surface area contributed by atoms with Gasteiger partial charge in [0.2, 0.25) is 5.91 Å². The van der Waals surface area contributed by atoms with Crippen LogP contribution in [0.25, 0.3) is 0 Å². The van der Waals surface area contributed by atoms with Crippen molar-refractivity contribution in [2.45, 2.75) is 32.0 Å². The summed E-state index contributed by atoms with van der Waals surface area (Å²) in [7, 11) is 0. The van der Waals surface area contributed by atoms with E-state index in [0.717, 1.165) is 16.8 Å². The summed E-state index contributed by atoms with van der Waals surface area (Å²) in [5.74, 6) is -0.620. The molecule has 1 aliphatic heterocycles. The van der Waals surface area contributed by atoms with E-state index in [4.69, 9.17) is 16.3 Å². The van der Waals surface area contributed by atoms with Crippen LogP contribution in [0.1, 0.15) is 38.8 Å². The van der Waals surface area contributed by atoms with E-state index in [1.165, 1.54) is 4.90 Å². The number of aryl methyl sites for hydroxylation is 1. The molecule has 208 valence electrons. The Morgan fingerprint density at radius 3 is 2.54 bits per heavy atom. The Hall–Kier alpha value is -4.69. The van der Waals surface area contributed by atoms with Crippen molar-refractivity contribution in [3.8, 4) is 0 Å². The summed E-state index contributed by atoms with van der Waals surface area (Å²) in [6, 6.07) is 26.0. The van der Waals surface area contributed by atoms with Gasteiger partial charge in [0.25, 0.3) is 5.91 Å². The molecule has 2 atom stereocenters. The van der Waals surface area contributed by atoms with E-state index >= 15 is 0 Å². The first-order valence-electron chi connectivity index (χ1n) is 13.2. The number of anilines is 1. The maximum absolute atomic E-state index is 13.6. The molecule has 2 N–H and O–H groups in total. The topological polar surface area (TPSA) is 101 Å². The van der Waals surface area contributed by atoms with Gasteiger partial charge in [0.15, 0.2) is 12.1 Å². The summed E-state index contributed by atoms with van der Waals surface area (Å²) in [5.41, 5.74) is 4.28. The highest BCUT2D eigenvalue weighted by molar-refractivity contribution is 6.30. The molecule has 0 radical (unpaired) electrons. The number of carbonyl (C=O) groups excluding carboxylic acids is 3. The third-order valence-electron chi connectivity index (χ3n) is 6.79. The molecule has 1 aliphatic rings. The van der Waals surface area contributed by atoms with Gasteiger partial charge in [-0.05, 0) is 66.6 Å². The lowest BCUT2D eigenvalue weighted by atomic mass is 10.00. The number of nitrogens with zero attached hydrogens (tertiary/aromatic N) is 2. The smallest absolute Gasteiger partial charge is 0.411 e. The van der Waals surface area contributed by atoms with Crippen LogP contribution in [0.3, 0.4) is 0 Å². The number of pyridine rings is 1. The van der Waals surface area contributed by atoms with Gasteiger partial charge in [-0.1, -0.05) is 59.6 Å². The Bertz CT molecular complexity index is 1550. The van der Waals surface area contributed by atoms with Gasteiger partial charge in [-0.15, -0.1) is 0 Å². The molecule has 9 heteroatoms. The Morgan fingerprint density at radius 1 is 0.976 bits per heavy atom. The molecule has 1 saturated heterocycles. The molecule has 3 aromatic carbocycles. The second kappa shape index (κ2) is 12.7. The molecule has 0 unspecified atom stereocenters. The van der Waals surface area contributed by atoms with Gasteiger partial charge in [-0.3, -0.25) is 19.5 Å². The van der Waals surface area contributed by atoms with E-state index in [0.29, 0.717) is 34.8 Å². The van der Waals surface area contributed by atoms with Gasteiger partial charge in [-0.2, -0.15) is 0 Å². The van der Waals surface area contributed by atoms with Crippen LogP contribution in [0, 0.1) is 6.92 Å². The molecule has 1 aromatic heterocycles. The van der Waals surface area contributed by atoms with Crippen LogP contribution in [0.4, 0.5) is 10.5 Å². The van der Waals surface area contributed by atoms with Gasteiger partial charge in [0.05, 0.1) is 6.54 Å². The number of benzene rings is 3. The molecule has 41 heavy (non-hydrogen) atoms. The highest BCUT2D eigenvalue weighted by atomic mass is 35.5. The van der Waals surface area contributed by atoms with E-state index < -0.39 is 18.2 Å². The summed E-state index contributed by atoms with van der Waals surface area (Å²) in [4.78, 5) is 45.3. The SMILES string of the molecule is Cc1ccc(C(=O)Nc2cccc([C@H]3OC(=O)N(Cc4cccc(Cl)c4)[C@H]3C(=O)NCCc3ccccn3)c2)cc1. The summed E-state index contributed by atoms with van der Waals surface area (Å²) in [5, 5.41) is 6.36. The lowest BCUT2D eigenvalue weighted by molar-refractivity contribution is -0.126. The Labute approximate surface area is 243 Å². The van der Waals surface area contributed by atoms with Gasteiger partial charge in [0, 0.05) is 41.1 Å². The highest BCUT2D eigenvalue weighted by Crippen LogP contribution is 2.35. The van der Waals surface area contributed by atoms with Crippen molar-refractivity contribution in [3.05, 3.63) is 130 Å². The molecule has 8 nitrogen and oxygen atoms in total. The van der Waals surface area contributed by atoms with E-state index in [2.05, 4.69) is 15.6 Å². The summed E-state index contributed by atoms with van der Waals surface area (Å²) in [6.45, 7) is 2.43. The zero-order valence-corrected chi connectivity index (χ0v) is 23.2. The minimum Gasteiger partial charge on any atom is -0.438 e. The fourth-order valence-electron chi connectivity index (χ4n) is 4.71. The molecule has 1 fully saturated rings. The van der Waals surface area contributed by atoms with Crippen molar-refractivity contribution in [2.24, 2.45) is 0 Å². The van der Waals surface area contributed by atoms with E-state index in [9.17, 15) is 14.4 Å². The molecule has 0 aliphatic carbocycles. The minimum atomic E-state index is -0.951. The molecule has 0 bridgehead atoms. The van der Waals surface area contributed by atoms with Gasteiger partial charge in [0.1, 0.15) is 0 Å². The third-order valence-corrected chi connectivity index (χ3v) is 7.02. The van der Waals surface area contributed by atoms with E-state index in [1.54, 1.807) is 60.8 Å². The predicted octanol–water partition coefficient (Wildman–Crippen LogP) is 5.72. The maximum Gasteiger partial charge on any atom is 0.411 e. The van der Waals surface area contributed by atoms with Crippen LogP contribution < -0.4 is 10.6 Å². The van der Waals surface area contributed by atoms with Gasteiger partial charge >= 0.3 is 6.09 Å². The van der Waals surface area contributed by atoms with Crippen molar-refractivity contribution in [3.63, 3.8) is 0 Å². The molecule has 3 amide bonds. The first-order chi connectivity index (χ1) is 19.9. The fourth-order valence-corrected chi connectivity index (χ4v) is 4.92. The molecule has 0 saturated carbocycles.